The van der Waals surface area contributed by atoms with E-state index in [9.17, 15) is 17.6 Å². The van der Waals surface area contributed by atoms with Gasteiger partial charge in [-0.25, -0.2) is 17.6 Å². The van der Waals surface area contributed by atoms with Crippen LogP contribution in [0.1, 0.15) is 28.8 Å². The molecular weight excluding hydrogens is 345 g/mol. The summed E-state index contributed by atoms with van der Waals surface area (Å²) in [6.45, 7) is 0.475. The minimum absolute atomic E-state index is 0.0636. The highest BCUT2D eigenvalue weighted by atomic mass is 32.2. The summed E-state index contributed by atoms with van der Waals surface area (Å²) in [6.07, 6.45) is 0.798. The molecule has 2 aliphatic heterocycles. The number of nitrogens with zero attached hydrogens (tertiary/aromatic N) is 1. The number of sulfonamides is 1. The average molecular weight is 361 g/mol. The Morgan fingerprint density at radius 2 is 1.64 bits per heavy atom. The summed E-state index contributed by atoms with van der Waals surface area (Å²) in [6, 6.07) is 12.0. The molecule has 0 unspecified atom stereocenters. The first-order valence-corrected chi connectivity index (χ1v) is 9.45. The number of hydrogen-bond donors (Lipinski definition) is 0. The molecule has 0 atom stereocenters. The van der Waals surface area contributed by atoms with Gasteiger partial charge in [-0.1, -0.05) is 18.2 Å². The fourth-order valence-corrected chi connectivity index (χ4v) is 5.00. The van der Waals surface area contributed by atoms with Crippen molar-refractivity contribution >= 4 is 16.0 Å². The van der Waals surface area contributed by atoms with Crippen LogP contribution in [0.15, 0.2) is 53.4 Å². The number of halogens is 1. The Morgan fingerprint density at radius 3 is 2.32 bits per heavy atom. The van der Waals surface area contributed by atoms with E-state index in [-0.39, 0.29) is 24.0 Å². The summed E-state index contributed by atoms with van der Waals surface area (Å²) in [7, 11) is -3.69. The van der Waals surface area contributed by atoms with Crippen molar-refractivity contribution in [2.24, 2.45) is 0 Å². The Balaban J connectivity index is 1.58. The van der Waals surface area contributed by atoms with Gasteiger partial charge in [-0.15, -0.1) is 0 Å². The second kappa shape index (κ2) is 5.64. The molecule has 2 aromatic carbocycles. The van der Waals surface area contributed by atoms with E-state index >= 15 is 0 Å². The van der Waals surface area contributed by atoms with Crippen molar-refractivity contribution in [2.45, 2.75) is 23.3 Å². The van der Waals surface area contributed by atoms with Crippen LogP contribution in [0.2, 0.25) is 0 Å². The summed E-state index contributed by atoms with van der Waals surface area (Å²) >= 11 is 0. The van der Waals surface area contributed by atoms with Gasteiger partial charge in [0, 0.05) is 31.5 Å². The molecule has 130 valence electrons. The van der Waals surface area contributed by atoms with Gasteiger partial charge in [-0.2, -0.15) is 4.31 Å². The first kappa shape index (κ1) is 16.2. The smallest absolute Gasteiger partial charge is 0.339 e. The number of piperidine rings is 1. The maximum Gasteiger partial charge on any atom is 0.339 e. The van der Waals surface area contributed by atoms with Gasteiger partial charge in [0.1, 0.15) is 11.4 Å². The predicted octanol–water partition coefficient (Wildman–Crippen LogP) is 2.68. The second-order valence-electron chi connectivity index (χ2n) is 6.29. The summed E-state index contributed by atoms with van der Waals surface area (Å²) in [5.41, 5.74) is 0.638. The highest BCUT2D eigenvalue weighted by Gasteiger charge is 2.48. The highest BCUT2D eigenvalue weighted by Crippen LogP contribution is 2.44. The van der Waals surface area contributed by atoms with Crippen molar-refractivity contribution < 1.29 is 22.3 Å². The van der Waals surface area contributed by atoms with Crippen LogP contribution in [0.3, 0.4) is 0 Å². The lowest BCUT2D eigenvalue weighted by Crippen LogP contribution is -2.45. The lowest BCUT2D eigenvalue weighted by atomic mass is 9.84. The summed E-state index contributed by atoms with van der Waals surface area (Å²) in [5.74, 6) is -0.837. The number of esters is 1. The number of carbonyl (C=O) groups excluding carboxylic acids is 1. The molecule has 0 aromatic heterocycles. The van der Waals surface area contributed by atoms with Gasteiger partial charge in [0.25, 0.3) is 0 Å². The molecule has 7 heteroatoms. The first-order chi connectivity index (χ1) is 11.9. The minimum atomic E-state index is -3.69. The molecule has 2 heterocycles. The molecular formula is C18H16FNO4S. The number of fused-ring (bicyclic) bond motifs is 2. The molecule has 0 N–H and O–H groups in total. The number of carbonyl (C=O) groups is 1. The highest BCUT2D eigenvalue weighted by molar-refractivity contribution is 7.89. The topological polar surface area (TPSA) is 63.7 Å². The normalized spacial score (nSPS) is 19.6. The van der Waals surface area contributed by atoms with E-state index in [1.54, 1.807) is 12.1 Å². The minimum Gasteiger partial charge on any atom is -0.450 e. The molecule has 25 heavy (non-hydrogen) atoms. The van der Waals surface area contributed by atoms with Gasteiger partial charge in [0.05, 0.1) is 10.5 Å². The molecule has 4 rings (SSSR count). The second-order valence-corrected chi connectivity index (χ2v) is 8.23. The lowest BCUT2D eigenvalue weighted by Gasteiger charge is -2.37. The number of rotatable bonds is 2. The molecule has 2 aromatic rings. The van der Waals surface area contributed by atoms with Gasteiger partial charge in [-0.3, -0.25) is 0 Å². The van der Waals surface area contributed by atoms with Gasteiger partial charge in [0.15, 0.2) is 0 Å². The fraction of sp³-hybridized carbons (Fsp3) is 0.278. The molecule has 1 saturated heterocycles. The average Bonchev–Trinajstić information content (AvgIpc) is 2.88. The number of benzene rings is 2. The van der Waals surface area contributed by atoms with Crippen LogP contribution in [0.5, 0.6) is 0 Å². The fourth-order valence-electron chi connectivity index (χ4n) is 3.56. The Morgan fingerprint density at radius 1 is 1.00 bits per heavy atom. The third-order valence-corrected chi connectivity index (χ3v) is 6.82. The zero-order valence-electron chi connectivity index (χ0n) is 13.3. The Hall–Kier alpha value is -2.25. The molecule has 1 fully saturated rings. The summed E-state index contributed by atoms with van der Waals surface area (Å²) in [5, 5.41) is 0. The molecule has 0 amide bonds. The van der Waals surface area contributed by atoms with Crippen LogP contribution in [0.25, 0.3) is 0 Å². The van der Waals surface area contributed by atoms with Crippen molar-refractivity contribution in [3.8, 4) is 0 Å². The van der Waals surface area contributed by atoms with Crippen molar-refractivity contribution in [3.63, 3.8) is 0 Å². The van der Waals surface area contributed by atoms with E-state index in [0.717, 1.165) is 17.7 Å². The molecule has 1 spiro atoms. The summed E-state index contributed by atoms with van der Waals surface area (Å²) in [4.78, 5) is 12.1. The van der Waals surface area contributed by atoms with Crippen molar-refractivity contribution in [3.05, 3.63) is 65.5 Å². The zero-order chi connectivity index (χ0) is 17.7. The van der Waals surface area contributed by atoms with Gasteiger partial charge >= 0.3 is 5.97 Å². The van der Waals surface area contributed by atoms with Gasteiger partial charge in [-0.05, 0) is 30.3 Å². The van der Waals surface area contributed by atoms with E-state index < -0.39 is 21.4 Å². The van der Waals surface area contributed by atoms with Crippen LogP contribution in [0, 0.1) is 5.82 Å². The quantitative estimate of drug-likeness (QED) is 0.772. The molecule has 0 bridgehead atoms. The molecule has 2 aliphatic rings. The van der Waals surface area contributed by atoms with Gasteiger partial charge < -0.3 is 4.74 Å². The van der Waals surface area contributed by atoms with Crippen molar-refractivity contribution in [1.29, 1.82) is 0 Å². The monoisotopic (exact) mass is 361 g/mol. The molecule has 0 radical (unpaired) electrons. The third kappa shape index (κ3) is 2.54. The van der Waals surface area contributed by atoms with E-state index in [0.29, 0.717) is 18.4 Å². The predicted molar refractivity (Wildman–Crippen MR) is 87.9 cm³/mol. The number of ether oxygens (including phenoxy) is 1. The Bertz CT molecular complexity index is 932. The Labute approximate surface area is 145 Å². The van der Waals surface area contributed by atoms with Crippen LogP contribution < -0.4 is 0 Å². The summed E-state index contributed by atoms with van der Waals surface area (Å²) < 4.78 is 45.4. The zero-order valence-corrected chi connectivity index (χ0v) is 14.1. The van der Waals surface area contributed by atoms with Crippen LogP contribution in [0.4, 0.5) is 4.39 Å². The molecule has 0 aliphatic carbocycles. The first-order valence-electron chi connectivity index (χ1n) is 8.01. The van der Waals surface area contributed by atoms with E-state index in [2.05, 4.69) is 0 Å². The maximum atomic E-state index is 13.0. The number of hydrogen-bond acceptors (Lipinski definition) is 4. The lowest BCUT2D eigenvalue weighted by molar-refractivity contribution is -0.0329. The Kier molecular flexibility index (Phi) is 3.66. The van der Waals surface area contributed by atoms with Crippen molar-refractivity contribution in [2.75, 3.05) is 13.1 Å². The van der Waals surface area contributed by atoms with E-state index in [4.69, 9.17) is 4.74 Å². The standard InChI is InChI=1S/C18H16FNO4S/c19-13-5-7-14(8-6-13)25(22,23)20-11-9-18(10-12-20)16-4-2-1-3-15(16)17(21)24-18/h1-8H,9-12H2. The third-order valence-electron chi connectivity index (χ3n) is 4.91. The van der Waals surface area contributed by atoms with Crippen LogP contribution in [-0.4, -0.2) is 31.8 Å². The van der Waals surface area contributed by atoms with E-state index in [1.807, 2.05) is 12.1 Å². The van der Waals surface area contributed by atoms with Crippen molar-refractivity contribution in [1.82, 2.24) is 4.31 Å². The SMILES string of the molecule is O=C1OC2(CCN(S(=O)(=O)c3ccc(F)cc3)CC2)c2ccccc21. The molecule has 0 saturated carbocycles. The largest absolute Gasteiger partial charge is 0.450 e. The van der Waals surface area contributed by atoms with Crippen LogP contribution in [-0.2, 0) is 20.4 Å². The maximum absolute atomic E-state index is 13.0. The van der Waals surface area contributed by atoms with Gasteiger partial charge in [0.2, 0.25) is 10.0 Å². The molecule has 5 nitrogen and oxygen atoms in total. The van der Waals surface area contributed by atoms with E-state index in [1.165, 1.54) is 16.4 Å². The van der Waals surface area contributed by atoms with Crippen LogP contribution >= 0.6 is 0 Å².